The number of unbranched alkanes of at least 4 members (excludes halogenated alkanes) is 10. The fourth-order valence-corrected chi connectivity index (χ4v) is 4.00. The Morgan fingerprint density at radius 3 is 1.96 bits per heavy atom. The zero-order chi connectivity index (χ0) is 20.4. The number of benzene rings is 1. The second-order valence-electron chi connectivity index (χ2n) is 7.81. The summed E-state index contributed by atoms with van der Waals surface area (Å²) in [6, 6.07) is 7.43. The summed E-state index contributed by atoms with van der Waals surface area (Å²) in [5, 5.41) is 10.3. The minimum Gasteiger partial charge on any atom is -0.477 e. The first-order valence-corrected chi connectivity index (χ1v) is 10.9. The molecule has 0 radical (unpaired) electrons. The Kier molecular flexibility index (Phi) is 9.26. The van der Waals surface area contributed by atoms with E-state index in [-0.39, 0.29) is 11.5 Å². The Morgan fingerprint density at radius 2 is 1.39 bits per heavy atom. The third-order valence-corrected chi connectivity index (χ3v) is 5.60. The largest absolute Gasteiger partial charge is 0.477 e. The Labute approximate surface area is 168 Å². The number of hydrogen-bond donors (Lipinski definition) is 1. The van der Waals surface area contributed by atoms with Crippen LogP contribution in [0, 0.1) is 0 Å². The number of carboxylic acid groups (broad SMARTS) is 1. The van der Waals surface area contributed by atoms with E-state index in [2.05, 4.69) is 6.92 Å². The summed E-state index contributed by atoms with van der Waals surface area (Å²) in [6.45, 7) is 2.24. The predicted molar refractivity (Wildman–Crippen MR) is 115 cm³/mol. The second kappa shape index (κ2) is 11.7. The van der Waals surface area contributed by atoms with Gasteiger partial charge in [0.05, 0.1) is 5.56 Å². The SMILES string of the molecule is CCCCCCCCCCCCCC(=O)c1c(C(=O)O)n(C)c2ccccc12. The number of Topliss-reactive ketones (excluding diaryl/α,β-unsaturated/α-hetero) is 1. The average molecular weight is 386 g/mol. The molecule has 0 amide bonds. The molecule has 4 nitrogen and oxygen atoms in total. The van der Waals surface area contributed by atoms with E-state index < -0.39 is 5.97 Å². The summed E-state index contributed by atoms with van der Waals surface area (Å²) >= 11 is 0. The quantitative estimate of drug-likeness (QED) is 0.289. The molecular weight excluding hydrogens is 350 g/mol. The number of aryl methyl sites for hydroxylation is 1. The van der Waals surface area contributed by atoms with E-state index in [1.165, 1.54) is 51.4 Å². The van der Waals surface area contributed by atoms with Gasteiger partial charge in [-0.15, -0.1) is 0 Å². The lowest BCUT2D eigenvalue weighted by Gasteiger charge is -2.04. The van der Waals surface area contributed by atoms with Crippen LogP contribution in [-0.2, 0) is 7.05 Å². The van der Waals surface area contributed by atoms with Gasteiger partial charge in [0.1, 0.15) is 5.69 Å². The first kappa shape index (κ1) is 22.2. The van der Waals surface area contributed by atoms with Gasteiger partial charge in [-0.05, 0) is 12.5 Å². The molecule has 2 aromatic rings. The molecule has 4 heteroatoms. The number of para-hydroxylation sites is 1. The number of ketones is 1. The zero-order valence-corrected chi connectivity index (χ0v) is 17.5. The van der Waals surface area contributed by atoms with Gasteiger partial charge in [-0.1, -0.05) is 89.3 Å². The fraction of sp³-hybridized carbons (Fsp3) is 0.583. The molecule has 0 saturated heterocycles. The van der Waals surface area contributed by atoms with Gasteiger partial charge in [-0.2, -0.15) is 0 Å². The van der Waals surface area contributed by atoms with Crippen molar-refractivity contribution in [3.05, 3.63) is 35.5 Å². The maximum absolute atomic E-state index is 12.8. The Balaban J connectivity index is 1.77. The summed E-state index contributed by atoms with van der Waals surface area (Å²) in [7, 11) is 1.71. The number of fused-ring (bicyclic) bond motifs is 1. The maximum atomic E-state index is 12.8. The molecule has 0 unspecified atom stereocenters. The molecule has 1 heterocycles. The topological polar surface area (TPSA) is 59.3 Å². The Morgan fingerprint density at radius 1 is 0.857 bits per heavy atom. The van der Waals surface area contributed by atoms with Gasteiger partial charge in [0.25, 0.3) is 0 Å². The van der Waals surface area contributed by atoms with Gasteiger partial charge in [-0.3, -0.25) is 4.79 Å². The summed E-state index contributed by atoms with van der Waals surface area (Å²) in [6.07, 6.45) is 14.0. The molecule has 28 heavy (non-hydrogen) atoms. The molecule has 0 fully saturated rings. The van der Waals surface area contributed by atoms with Gasteiger partial charge in [-0.25, -0.2) is 4.79 Å². The monoisotopic (exact) mass is 385 g/mol. The normalized spacial score (nSPS) is 11.2. The maximum Gasteiger partial charge on any atom is 0.353 e. The van der Waals surface area contributed by atoms with E-state index in [4.69, 9.17) is 0 Å². The van der Waals surface area contributed by atoms with Crippen LogP contribution in [0.2, 0.25) is 0 Å². The third kappa shape index (κ3) is 5.95. The van der Waals surface area contributed by atoms with Crippen LogP contribution in [0.5, 0.6) is 0 Å². The Hall–Kier alpha value is -2.10. The summed E-state index contributed by atoms with van der Waals surface area (Å²) in [4.78, 5) is 24.5. The lowest BCUT2D eigenvalue weighted by Crippen LogP contribution is -2.11. The standard InChI is InChI=1S/C24H35NO3/c1-3-4-5-6-7-8-9-10-11-12-13-18-21(26)22-19-16-14-15-17-20(19)25(2)23(22)24(27)28/h14-17H,3-13,18H2,1-2H3,(H,27,28). The van der Waals surface area contributed by atoms with E-state index >= 15 is 0 Å². The minimum atomic E-state index is -1.04. The molecule has 0 aliphatic carbocycles. The van der Waals surface area contributed by atoms with Crippen molar-refractivity contribution in [2.45, 2.75) is 84.0 Å². The molecule has 0 atom stereocenters. The van der Waals surface area contributed by atoms with Crippen molar-refractivity contribution in [2.24, 2.45) is 7.05 Å². The van der Waals surface area contributed by atoms with Crippen LogP contribution in [0.25, 0.3) is 10.9 Å². The molecule has 154 valence electrons. The van der Waals surface area contributed by atoms with Crippen LogP contribution in [0.15, 0.2) is 24.3 Å². The lowest BCUT2D eigenvalue weighted by molar-refractivity contribution is 0.0682. The van der Waals surface area contributed by atoms with Crippen molar-refractivity contribution in [3.8, 4) is 0 Å². The van der Waals surface area contributed by atoms with Crippen molar-refractivity contribution in [3.63, 3.8) is 0 Å². The molecule has 1 aromatic heterocycles. The highest BCUT2D eigenvalue weighted by atomic mass is 16.4. The summed E-state index contributed by atoms with van der Waals surface area (Å²) in [5.74, 6) is -1.09. The zero-order valence-electron chi connectivity index (χ0n) is 17.5. The van der Waals surface area contributed by atoms with E-state index in [0.717, 1.165) is 30.2 Å². The van der Waals surface area contributed by atoms with E-state index in [1.807, 2.05) is 24.3 Å². The van der Waals surface area contributed by atoms with Crippen LogP contribution in [0.3, 0.4) is 0 Å². The molecule has 0 spiro atoms. The van der Waals surface area contributed by atoms with Crippen molar-refractivity contribution in [1.82, 2.24) is 4.57 Å². The molecule has 0 aliphatic rings. The number of aromatic nitrogens is 1. The fourth-order valence-electron chi connectivity index (χ4n) is 4.00. The van der Waals surface area contributed by atoms with Crippen LogP contribution in [0.1, 0.15) is 105 Å². The van der Waals surface area contributed by atoms with Crippen LogP contribution < -0.4 is 0 Å². The van der Waals surface area contributed by atoms with Gasteiger partial charge in [0, 0.05) is 24.4 Å². The molecular formula is C24H35NO3. The minimum absolute atomic E-state index is 0.0508. The summed E-state index contributed by atoms with van der Waals surface area (Å²) in [5.41, 5.74) is 1.27. The Bertz CT molecular complexity index is 775. The molecule has 1 aromatic carbocycles. The van der Waals surface area contributed by atoms with Gasteiger partial charge < -0.3 is 9.67 Å². The third-order valence-electron chi connectivity index (χ3n) is 5.60. The van der Waals surface area contributed by atoms with Gasteiger partial charge in [0.15, 0.2) is 5.78 Å². The molecule has 0 aliphatic heterocycles. The molecule has 2 rings (SSSR count). The number of carboxylic acids is 1. The highest BCUT2D eigenvalue weighted by Crippen LogP contribution is 2.27. The molecule has 0 saturated carbocycles. The number of aromatic carboxylic acids is 1. The van der Waals surface area contributed by atoms with Gasteiger partial charge >= 0.3 is 5.97 Å². The highest BCUT2D eigenvalue weighted by molar-refractivity contribution is 6.15. The van der Waals surface area contributed by atoms with Crippen molar-refractivity contribution >= 4 is 22.7 Å². The molecule has 0 bridgehead atoms. The van der Waals surface area contributed by atoms with E-state index in [0.29, 0.717) is 12.0 Å². The van der Waals surface area contributed by atoms with E-state index in [1.54, 1.807) is 11.6 Å². The van der Waals surface area contributed by atoms with Crippen molar-refractivity contribution in [1.29, 1.82) is 0 Å². The predicted octanol–water partition coefficient (Wildman–Crippen LogP) is 6.76. The number of rotatable bonds is 14. The number of carbonyl (C=O) groups excluding carboxylic acids is 1. The lowest BCUT2D eigenvalue weighted by atomic mass is 10.00. The van der Waals surface area contributed by atoms with E-state index in [9.17, 15) is 14.7 Å². The number of hydrogen-bond acceptors (Lipinski definition) is 2. The van der Waals surface area contributed by atoms with Crippen molar-refractivity contribution in [2.75, 3.05) is 0 Å². The molecule has 1 N–H and O–H groups in total. The highest BCUT2D eigenvalue weighted by Gasteiger charge is 2.24. The average Bonchev–Trinajstić information content (AvgIpc) is 2.99. The smallest absolute Gasteiger partial charge is 0.353 e. The van der Waals surface area contributed by atoms with Crippen LogP contribution >= 0.6 is 0 Å². The first-order valence-electron chi connectivity index (χ1n) is 10.9. The van der Waals surface area contributed by atoms with Gasteiger partial charge in [0.2, 0.25) is 0 Å². The van der Waals surface area contributed by atoms with Crippen LogP contribution in [-0.4, -0.2) is 21.4 Å². The summed E-state index contributed by atoms with van der Waals surface area (Å²) < 4.78 is 1.62. The van der Waals surface area contributed by atoms with Crippen molar-refractivity contribution < 1.29 is 14.7 Å². The number of carbonyl (C=O) groups is 2. The van der Waals surface area contributed by atoms with Crippen LogP contribution in [0.4, 0.5) is 0 Å². The first-order chi connectivity index (χ1) is 13.6. The second-order valence-corrected chi connectivity index (χ2v) is 7.81. The number of nitrogens with zero attached hydrogens (tertiary/aromatic N) is 1.